The van der Waals surface area contributed by atoms with Gasteiger partial charge in [0.15, 0.2) is 23.8 Å². The SMILES string of the molecule is COC1(C(F)(F)F)C[NH+]=C(CCc2ccc(C(F)(F)F)cc2)c2cc3c(cc21)OCO3.[Cl-]. The largest absolute Gasteiger partial charge is 1.00 e. The zero-order valence-corrected chi connectivity index (χ0v) is 17.4. The van der Waals surface area contributed by atoms with E-state index < -0.39 is 30.1 Å². The first-order valence-corrected chi connectivity index (χ1v) is 9.37. The fourth-order valence-corrected chi connectivity index (χ4v) is 3.85. The van der Waals surface area contributed by atoms with Crippen molar-refractivity contribution < 1.29 is 58.0 Å². The molecule has 0 radical (unpaired) electrons. The van der Waals surface area contributed by atoms with Crippen LogP contribution in [-0.2, 0) is 22.9 Å². The molecule has 2 aliphatic rings. The quantitative estimate of drug-likeness (QED) is 0.641. The van der Waals surface area contributed by atoms with Crippen molar-refractivity contribution >= 4 is 5.71 Å². The number of aryl methyl sites for hydroxylation is 1. The summed E-state index contributed by atoms with van der Waals surface area (Å²) in [5, 5.41) is 0. The van der Waals surface area contributed by atoms with E-state index in [2.05, 4.69) is 4.99 Å². The van der Waals surface area contributed by atoms with Crippen molar-refractivity contribution in [3.05, 3.63) is 58.7 Å². The summed E-state index contributed by atoms with van der Waals surface area (Å²) in [4.78, 5) is 2.82. The van der Waals surface area contributed by atoms with E-state index in [0.717, 1.165) is 19.2 Å². The van der Waals surface area contributed by atoms with Gasteiger partial charge >= 0.3 is 12.4 Å². The number of halogens is 7. The molecular formula is C21H18ClF6NO3. The van der Waals surface area contributed by atoms with E-state index in [0.29, 0.717) is 23.4 Å². The lowest BCUT2D eigenvalue weighted by Gasteiger charge is -2.35. The first-order valence-electron chi connectivity index (χ1n) is 9.37. The van der Waals surface area contributed by atoms with E-state index in [1.54, 1.807) is 0 Å². The van der Waals surface area contributed by atoms with E-state index in [-0.39, 0.29) is 42.5 Å². The fraction of sp³-hybridized carbons (Fsp3) is 0.381. The summed E-state index contributed by atoms with van der Waals surface area (Å²) < 4.78 is 95.8. The Morgan fingerprint density at radius 3 is 2.16 bits per heavy atom. The molecule has 0 spiro atoms. The molecule has 4 nitrogen and oxygen atoms in total. The van der Waals surface area contributed by atoms with Crippen LogP contribution in [0.5, 0.6) is 11.5 Å². The third-order valence-corrected chi connectivity index (χ3v) is 5.57. The molecule has 1 N–H and O–H groups in total. The number of methoxy groups -OCH3 is 1. The van der Waals surface area contributed by atoms with Crippen LogP contribution in [0, 0.1) is 0 Å². The Hall–Kier alpha value is -2.46. The summed E-state index contributed by atoms with van der Waals surface area (Å²) in [6.07, 6.45) is -8.51. The van der Waals surface area contributed by atoms with Crippen LogP contribution in [0.4, 0.5) is 26.3 Å². The van der Waals surface area contributed by atoms with Gasteiger partial charge in [-0.15, -0.1) is 0 Å². The normalized spacial score (nSPS) is 19.8. The van der Waals surface area contributed by atoms with Gasteiger partial charge in [0, 0.05) is 19.1 Å². The Kier molecular flexibility index (Phi) is 6.41. The third-order valence-electron chi connectivity index (χ3n) is 5.57. The average Bonchev–Trinajstić information content (AvgIpc) is 3.17. The Bertz CT molecular complexity index is 1020. The lowest BCUT2D eigenvalue weighted by Crippen LogP contribution is -3.00. The first-order chi connectivity index (χ1) is 14.5. The molecule has 32 heavy (non-hydrogen) atoms. The highest BCUT2D eigenvalue weighted by Crippen LogP contribution is 2.47. The molecule has 0 fully saturated rings. The number of ether oxygens (including phenoxy) is 3. The van der Waals surface area contributed by atoms with Crippen LogP contribution in [0.15, 0.2) is 36.4 Å². The van der Waals surface area contributed by atoms with E-state index in [1.165, 1.54) is 24.3 Å². The Balaban J connectivity index is 0.00000289. The minimum atomic E-state index is -4.70. The van der Waals surface area contributed by atoms with Gasteiger partial charge in [0.1, 0.15) is 0 Å². The number of benzene rings is 2. The third kappa shape index (κ3) is 4.13. The summed E-state index contributed by atoms with van der Waals surface area (Å²) >= 11 is 0. The van der Waals surface area contributed by atoms with Gasteiger partial charge < -0.3 is 26.6 Å². The highest BCUT2D eigenvalue weighted by atomic mass is 35.5. The second-order valence-corrected chi connectivity index (χ2v) is 7.31. The number of fused-ring (bicyclic) bond motifs is 2. The number of hydrogen-bond acceptors (Lipinski definition) is 3. The van der Waals surface area contributed by atoms with Gasteiger partial charge in [-0.3, -0.25) is 0 Å². The maximum absolute atomic E-state index is 14.0. The fourth-order valence-electron chi connectivity index (χ4n) is 3.85. The van der Waals surface area contributed by atoms with Crippen molar-refractivity contribution in [2.45, 2.75) is 30.8 Å². The topological polar surface area (TPSA) is 41.7 Å². The molecule has 2 heterocycles. The Labute approximate surface area is 185 Å². The molecule has 4 rings (SSSR count). The molecule has 2 aromatic rings. The average molecular weight is 482 g/mol. The zero-order chi connectivity index (χ0) is 22.4. The van der Waals surface area contributed by atoms with Gasteiger partial charge in [0.2, 0.25) is 12.4 Å². The predicted molar refractivity (Wildman–Crippen MR) is 97.0 cm³/mol. The molecule has 174 valence electrons. The predicted octanol–water partition coefficient (Wildman–Crippen LogP) is 0.358. The van der Waals surface area contributed by atoms with Gasteiger partial charge in [-0.2, -0.15) is 26.3 Å². The van der Waals surface area contributed by atoms with Crippen LogP contribution in [0.1, 0.15) is 28.7 Å². The first kappa shape index (κ1) is 24.2. The van der Waals surface area contributed by atoms with Crippen molar-refractivity contribution in [1.82, 2.24) is 0 Å². The molecule has 0 aliphatic carbocycles. The second kappa shape index (κ2) is 8.47. The van der Waals surface area contributed by atoms with Gasteiger partial charge in [-0.05, 0) is 36.2 Å². The maximum Gasteiger partial charge on any atom is 0.428 e. The monoisotopic (exact) mass is 481 g/mol. The molecule has 11 heteroatoms. The molecule has 0 amide bonds. The molecule has 0 saturated heterocycles. The van der Waals surface area contributed by atoms with Crippen molar-refractivity contribution in [3.63, 3.8) is 0 Å². The van der Waals surface area contributed by atoms with E-state index in [4.69, 9.17) is 14.2 Å². The van der Waals surface area contributed by atoms with Crippen LogP contribution in [-0.4, -0.2) is 32.3 Å². The molecule has 0 saturated carbocycles. The number of nitrogens with one attached hydrogen (secondary N) is 1. The molecular weight excluding hydrogens is 464 g/mol. The number of hydrogen-bond donors (Lipinski definition) is 1. The minimum Gasteiger partial charge on any atom is -1.00 e. The van der Waals surface area contributed by atoms with Crippen LogP contribution >= 0.6 is 0 Å². The van der Waals surface area contributed by atoms with Crippen LogP contribution in [0.3, 0.4) is 0 Å². The van der Waals surface area contributed by atoms with Crippen molar-refractivity contribution in [2.75, 3.05) is 20.4 Å². The summed E-state index contributed by atoms with van der Waals surface area (Å²) in [7, 11) is 0.997. The Morgan fingerprint density at radius 1 is 0.969 bits per heavy atom. The minimum absolute atomic E-state index is 0. The van der Waals surface area contributed by atoms with Crippen LogP contribution in [0.25, 0.3) is 0 Å². The smallest absolute Gasteiger partial charge is 0.428 e. The summed E-state index contributed by atoms with van der Waals surface area (Å²) in [6, 6.07) is 7.46. The molecule has 0 aromatic heterocycles. The number of alkyl halides is 6. The van der Waals surface area contributed by atoms with Crippen LogP contribution in [0.2, 0.25) is 0 Å². The number of rotatable bonds is 4. The van der Waals surface area contributed by atoms with E-state index in [1.807, 2.05) is 0 Å². The van der Waals surface area contributed by atoms with Crippen molar-refractivity contribution in [1.29, 1.82) is 0 Å². The van der Waals surface area contributed by atoms with Gasteiger partial charge in [-0.25, -0.2) is 4.99 Å². The maximum atomic E-state index is 14.0. The van der Waals surface area contributed by atoms with Crippen molar-refractivity contribution in [3.8, 4) is 11.5 Å². The molecule has 1 unspecified atom stereocenters. The molecule has 0 bridgehead atoms. The second-order valence-electron chi connectivity index (χ2n) is 7.31. The van der Waals surface area contributed by atoms with Gasteiger partial charge in [0.25, 0.3) is 0 Å². The lowest BCUT2D eigenvalue weighted by atomic mass is 9.82. The molecule has 1 atom stereocenters. The van der Waals surface area contributed by atoms with Gasteiger partial charge in [0.05, 0.1) is 11.1 Å². The summed E-state index contributed by atoms with van der Waals surface area (Å²) in [5.74, 6) is 0.523. The molecule has 2 aliphatic heterocycles. The van der Waals surface area contributed by atoms with Gasteiger partial charge in [-0.1, -0.05) is 12.1 Å². The molecule has 2 aromatic carbocycles. The lowest BCUT2D eigenvalue weighted by molar-refractivity contribution is -0.508. The van der Waals surface area contributed by atoms with E-state index in [9.17, 15) is 26.3 Å². The highest BCUT2D eigenvalue weighted by molar-refractivity contribution is 5.99. The summed E-state index contributed by atoms with van der Waals surface area (Å²) in [5.41, 5.74) is -1.99. The van der Waals surface area contributed by atoms with Crippen molar-refractivity contribution in [2.24, 2.45) is 0 Å². The van der Waals surface area contributed by atoms with Crippen LogP contribution < -0.4 is 26.9 Å². The zero-order valence-electron chi connectivity index (χ0n) is 16.7. The summed E-state index contributed by atoms with van der Waals surface area (Å²) in [6.45, 7) is -0.638. The Morgan fingerprint density at radius 2 is 1.59 bits per heavy atom. The van der Waals surface area contributed by atoms with E-state index >= 15 is 0 Å². The highest BCUT2D eigenvalue weighted by Gasteiger charge is 2.62. The standard InChI is InChI=1S/C21H17F6NO3.ClH/c1-29-19(21(25,26)27)10-28-16(14-8-17-18(9-15(14)19)31-11-30-17)7-4-12-2-5-13(6-3-12)20(22,23)24;/h2-3,5-6,8-9H,4,7,10-11H2,1H3;1H.